The van der Waals surface area contributed by atoms with Crippen molar-refractivity contribution < 1.29 is 4.79 Å². The molecule has 1 saturated heterocycles. The first kappa shape index (κ1) is 11.7. The molecule has 20 heavy (non-hydrogen) atoms. The minimum absolute atomic E-state index is 0.0513. The number of carbonyl (C=O) groups is 1. The molecule has 0 spiro atoms. The first-order valence-electron chi connectivity index (χ1n) is 6.65. The van der Waals surface area contributed by atoms with Gasteiger partial charge in [0.2, 0.25) is 0 Å². The maximum atomic E-state index is 12.4. The van der Waals surface area contributed by atoms with Crippen LogP contribution in [0, 0.1) is 0 Å². The molecule has 0 radical (unpaired) electrons. The van der Waals surface area contributed by atoms with Crippen LogP contribution in [-0.4, -0.2) is 33.3 Å². The third-order valence-electron chi connectivity index (χ3n) is 3.81. The SMILES string of the molecule is O=C(c1cc2[nH]c(=O)c3sccc3n2c1)N1CCCC1. The van der Waals surface area contributed by atoms with Crippen LogP contribution >= 0.6 is 11.3 Å². The number of hydrogen-bond acceptors (Lipinski definition) is 3. The van der Waals surface area contributed by atoms with Crippen LogP contribution in [0.2, 0.25) is 0 Å². The summed E-state index contributed by atoms with van der Waals surface area (Å²) in [6, 6.07) is 3.67. The Morgan fingerprint density at radius 3 is 2.90 bits per heavy atom. The summed E-state index contributed by atoms with van der Waals surface area (Å²) in [6.45, 7) is 1.66. The summed E-state index contributed by atoms with van der Waals surface area (Å²) in [7, 11) is 0. The minimum Gasteiger partial charge on any atom is -0.339 e. The van der Waals surface area contributed by atoms with E-state index in [9.17, 15) is 9.59 Å². The summed E-state index contributed by atoms with van der Waals surface area (Å²) >= 11 is 1.41. The highest BCUT2D eigenvalue weighted by Gasteiger charge is 2.21. The number of thiophene rings is 1. The van der Waals surface area contributed by atoms with E-state index >= 15 is 0 Å². The van der Waals surface area contributed by atoms with Crippen LogP contribution in [0.25, 0.3) is 15.9 Å². The molecule has 102 valence electrons. The van der Waals surface area contributed by atoms with Gasteiger partial charge in [-0.05, 0) is 30.4 Å². The molecule has 1 fully saturated rings. The first-order chi connectivity index (χ1) is 9.74. The Bertz CT molecular complexity index is 867. The van der Waals surface area contributed by atoms with Crippen LogP contribution in [0.15, 0.2) is 28.5 Å². The number of amides is 1. The van der Waals surface area contributed by atoms with Crippen molar-refractivity contribution in [3.8, 4) is 0 Å². The van der Waals surface area contributed by atoms with Gasteiger partial charge in [0.15, 0.2) is 0 Å². The molecule has 3 aromatic rings. The Morgan fingerprint density at radius 2 is 2.10 bits per heavy atom. The van der Waals surface area contributed by atoms with Crippen molar-refractivity contribution in [2.75, 3.05) is 13.1 Å². The van der Waals surface area contributed by atoms with Gasteiger partial charge in [0.25, 0.3) is 11.5 Å². The van der Waals surface area contributed by atoms with E-state index in [1.165, 1.54) is 11.3 Å². The monoisotopic (exact) mass is 287 g/mol. The molecule has 4 rings (SSSR count). The summed E-state index contributed by atoms with van der Waals surface area (Å²) in [4.78, 5) is 29.0. The minimum atomic E-state index is -0.0965. The zero-order valence-corrected chi connectivity index (χ0v) is 11.6. The van der Waals surface area contributed by atoms with Gasteiger partial charge in [-0.3, -0.25) is 9.59 Å². The fourth-order valence-corrected chi connectivity index (χ4v) is 3.59. The number of nitrogens with one attached hydrogen (secondary N) is 1. The second kappa shape index (κ2) is 4.21. The van der Waals surface area contributed by atoms with Crippen LogP contribution in [0.4, 0.5) is 0 Å². The fraction of sp³-hybridized carbons (Fsp3) is 0.286. The van der Waals surface area contributed by atoms with Crippen LogP contribution in [-0.2, 0) is 0 Å². The number of H-pyrrole nitrogens is 1. The molecular weight excluding hydrogens is 274 g/mol. The molecule has 0 aliphatic carbocycles. The molecule has 6 heteroatoms. The summed E-state index contributed by atoms with van der Waals surface area (Å²) in [5, 5.41) is 1.89. The van der Waals surface area contributed by atoms with Gasteiger partial charge in [0.1, 0.15) is 10.3 Å². The fourth-order valence-electron chi connectivity index (χ4n) is 2.81. The van der Waals surface area contributed by atoms with E-state index in [1.54, 1.807) is 6.07 Å². The third kappa shape index (κ3) is 1.61. The molecule has 1 amide bonds. The van der Waals surface area contributed by atoms with Crippen molar-refractivity contribution in [2.45, 2.75) is 12.8 Å². The second-order valence-electron chi connectivity index (χ2n) is 5.07. The molecule has 1 N–H and O–H groups in total. The van der Waals surface area contributed by atoms with E-state index in [-0.39, 0.29) is 11.5 Å². The third-order valence-corrected chi connectivity index (χ3v) is 4.71. The maximum absolute atomic E-state index is 12.4. The predicted octanol–water partition coefficient (Wildman–Crippen LogP) is 2.08. The topological polar surface area (TPSA) is 57.6 Å². The van der Waals surface area contributed by atoms with Crippen molar-refractivity contribution in [3.05, 3.63) is 39.6 Å². The summed E-state index contributed by atoms with van der Waals surface area (Å²) < 4.78 is 2.57. The average Bonchev–Trinajstić information content (AvgIpc) is 3.17. The van der Waals surface area contributed by atoms with Gasteiger partial charge in [0.05, 0.1) is 11.1 Å². The normalized spacial score (nSPS) is 15.5. The number of aromatic amines is 1. The molecule has 0 bridgehead atoms. The standard InChI is InChI=1S/C14H13N3O2S/c18-13-12-10(3-6-20-12)17-8-9(7-11(17)15-13)14(19)16-4-1-2-5-16/h3,6-8H,1-2,4-5H2,(H,15,18). The van der Waals surface area contributed by atoms with Crippen molar-refractivity contribution in [1.82, 2.24) is 14.3 Å². The lowest BCUT2D eigenvalue weighted by Gasteiger charge is -2.13. The van der Waals surface area contributed by atoms with Gasteiger partial charge in [-0.25, -0.2) is 0 Å². The number of rotatable bonds is 1. The number of carbonyl (C=O) groups excluding carboxylic acids is 1. The molecule has 1 aliphatic heterocycles. The molecule has 0 aromatic carbocycles. The number of likely N-dealkylation sites (tertiary alicyclic amines) is 1. The Labute approximate surface area is 118 Å². The van der Waals surface area contributed by atoms with Crippen molar-refractivity contribution >= 4 is 33.1 Å². The maximum Gasteiger partial charge on any atom is 0.269 e. The molecule has 0 saturated carbocycles. The number of fused-ring (bicyclic) bond motifs is 3. The van der Waals surface area contributed by atoms with Gasteiger partial charge in [0, 0.05) is 19.3 Å². The number of aromatic nitrogens is 2. The summed E-state index contributed by atoms with van der Waals surface area (Å²) in [6.07, 6.45) is 3.97. The highest BCUT2D eigenvalue weighted by molar-refractivity contribution is 7.17. The lowest BCUT2D eigenvalue weighted by molar-refractivity contribution is 0.0793. The summed E-state index contributed by atoms with van der Waals surface area (Å²) in [5.41, 5.74) is 2.07. The van der Waals surface area contributed by atoms with Crippen molar-refractivity contribution in [1.29, 1.82) is 0 Å². The van der Waals surface area contributed by atoms with E-state index in [0.29, 0.717) is 15.9 Å². The Kier molecular flexibility index (Phi) is 2.47. The van der Waals surface area contributed by atoms with Crippen molar-refractivity contribution in [2.24, 2.45) is 0 Å². The zero-order valence-electron chi connectivity index (χ0n) is 10.8. The molecule has 1 aliphatic rings. The first-order valence-corrected chi connectivity index (χ1v) is 7.53. The number of nitrogens with zero attached hydrogens (tertiary/aromatic N) is 2. The molecule has 0 unspecified atom stereocenters. The van der Waals surface area contributed by atoms with Crippen molar-refractivity contribution in [3.63, 3.8) is 0 Å². The largest absolute Gasteiger partial charge is 0.339 e. The van der Waals surface area contributed by atoms with E-state index in [2.05, 4.69) is 4.98 Å². The van der Waals surface area contributed by atoms with Crippen LogP contribution < -0.4 is 5.56 Å². The van der Waals surface area contributed by atoms with Gasteiger partial charge >= 0.3 is 0 Å². The van der Waals surface area contributed by atoms with Gasteiger partial charge in [-0.2, -0.15) is 0 Å². The molecule has 3 aromatic heterocycles. The van der Waals surface area contributed by atoms with E-state index in [4.69, 9.17) is 0 Å². The smallest absolute Gasteiger partial charge is 0.269 e. The lowest BCUT2D eigenvalue weighted by Crippen LogP contribution is -2.27. The highest BCUT2D eigenvalue weighted by Crippen LogP contribution is 2.21. The van der Waals surface area contributed by atoms with Crippen LogP contribution in [0.3, 0.4) is 0 Å². The Hall–Kier alpha value is -2.08. The van der Waals surface area contributed by atoms with Crippen LogP contribution in [0.5, 0.6) is 0 Å². The number of hydrogen-bond donors (Lipinski definition) is 1. The molecule has 0 atom stereocenters. The van der Waals surface area contributed by atoms with E-state index in [1.807, 2.05) is 26.9 Å². The Balaban J connectivity index is 1.90. The van der Waals surface area contributed by atoms with Gasteiger partial charge < -0.3 is 14.3 Å². The van der Waals surface area contributed by atoms with E-state index < -0.39 is 0 Å². The average molecular weight is 287 g/mol. The zero-order chi connectivity index (χ0) is 13.7. The van der Waals surface area contributed by atoms with E-state index in [0.717, 1.165) is 31.4 Å². The lowest BCUT2D eigenvalue weighted by atomic mass is 10.3. The quantitative estimate of drug-likeness (QED) is 0.745. The summed E-state index contributed by atoms with van der Waals surface area (Å²) in [5.74, 6) is 0.0513. The molecular formula is C14H13N3O2S. The predicted molar refractivity (Wildman–Crippen MR) is 78.5 cm³/mol. The molecule has 5 nitrogen and oxygen atoms in total. The van der Waals surface area contributed by atoms with Crippen LogP contribution in [0.1, 0.15) is 23.2 Å². The molecule has 4 heterocycles. The van der Waals surface area contributed by atoms with Gasteiger partial charge in [-0.1, -0.05) is 0 Å². The second-order valence-corrected chi connectivity index (χ2v) is 5.99. The highest BCUT2D eigenvalue weighted by atomic mass is 32.1. The Morgan fingerprint density at radius 1 is 1.30 bits per heavy atom. The van der Waals surface area contributed by atoms with Gasteiger partial charge in [-0.15, -0.1) is 11.3 Å².